The molecule has 0 aliphatic carbocycles. The molecule has 0 unspecified atom stereocenters. The maximum Gasteiger partial charge on any atom is 0.169 e. The highest BCUT2D eigenvalue weighted by atomic mass is 79.9. The lowest BCUT2D eigenvalue weighted by molar-refractivity contribution is 0.288. The summed E-state index contributed by atoms with van der Waals surface area (Å²) in [6, 6.07) is 23.3. The Kier molecular flexibility index (Phi) is 7.18. The van der Waals surface area contributed by atoms with Crippen molar-refractivity contribution in [3.63, 3.8) is 0 Å². The van der Waals surface area contributed by atoms with Crippen molar-refractivity contribution < 1.29 is 4.74 Å². The molecule has 192 valence electrons. The molecule has 0 fully saturated rings. The van der Waals surface area contributed by atoms with E-state index in [1.165, 1.54) is 5.56 Å². The number of aromatic nitrogens is 3. The van der Waals surface area contributed by atoms with Gasteiger partial charge in [-0.05, 0) is 85.5 Å². The third-order valence-corrected chi connectivity index (χ3v) is 8.02. The van der Waals surface area contributed by atoms with Crippen LogP contribution in [0.2, 0.25) is 10.0 Å². The molecule has 1 aliphatic heterocycles. The molecule has 3 aromatic carbocycles. The highest BCUT2D eigenvalue weighted by Gasteiger charge is 2.29. The minimum absolute atomic E-state index is 0.357. The van der Waals surface area contributed by atoms with E-state index in [9.17, 15) is 0 Å². The van der Waals surface area contributed by atoms with E-state index in [4.69, 9.17) is 45.3 Å². The van der Waals surface area contributed by atoms with Crippen LogP contribution in [-0.2, 0) is 19.6 Å². The van der Waals surface area contributed by atoms with Crippen LogP contribution in [0.25, 0.3) is 16.8 Å². The molecule has 3 heterocycles. The second-order valence-electron chi connectivity index (χ2n) is 9.17. The topological polar surface area (TPSA) is 43.5 Å². The van der Waals surface area contributed by atoms with Crippen molar-refractivity contribution in [1.29, 1.82) is 0 Å². The third kappa shape index (κ3) is 4.96. The first-order valence-electron chi connectivity index (χ1n) is 12.3. The summed E-state index contributed by atoms with van der Waals surface area (Å²) in [6.07, 6.45) is 3.07. The first-order valence-corrected chi connectivity index (χ1v) is 14.3. The Bertz CT molecular complexity index is 1630. The Labute approximate surface area is 244 Å². The molecule has 9 heteroatoms. The molecule has 0 saturated heterocycles. The van der Waals surface area contributed by atoms with Crippen molar-refractivity contribution in [2.45, 2.75) is 32.4 Å². The lowest BCUT2D eigenvalue weighted by atomic mass is 9.98. The van der Waals surface area contributed by atoms with Gasteiger partial charge in [0.15, 0.2) is 5.82 Å². The van der Waals surface area contributed by atoms with E-state index in [1.807, 2.05) is 65.2 Å². The quantitative estimate of drug-likeness (QED) is 0.192. The number of thiocarbonyl (C=S) groups is 1. The summed E-state index contributed by atoms with van der Waals surface area (Å²) in [7, 11) is 0. The van der Waals surface area contributed by atoms with Crippen molar-refractivity contribution in [3.8, 4) is 16.9 Å². The number of ether oxygens (including phenoxy) is 1. The van der Waals surface area contributed by atoms with Gasteiger partial charge in [0.05, 0.1) is 0 Å². The van der Waals surface area contributed by atoms with E-state index < -0.39 is 0 Å². The number of rotatable bonds is 6. The molecule has 5 nitrogen and oxygen atoms in total. The van der Waals surface area contributed by atoms with E-state index in [2.05, 4.69) is 37.9 Å². The van der Waals surface area contributed by atoms with Gasteiger partial charge in [-0.15, -0.1) is 5.10 Å². The number of halogens is 3. The Balaban J connectivity index is 1.48. The number of hydrogen-bond donors (Lipinski definition) is 1. The molecular weight excluding hydrogens is 603 g/mol. The average Bonchev–Trinajstić information content (AvgIpc) is 3.32. The van der Waals surface area contributed by atoms with Crippen molar-refractivity contribution >= 4 is 67.7 Å². The van der Waals surface area contributed by atoms with Crippen LogP contribution in [0.5, 0.6) is 5.75 Å². The van der Waals surface area contributed by atoms with E-state index in [0.717, 1.165) is 70.0 Å². The number of aryl methyl sites for hydroxylation is 2. The van der Waals surface area contributed by atoms with Gasteiger partial charge in [-0.1, -0.05) is 63.5 Å². The number of nitrogens with zero attached hydrogens (tertiary/aromatic N) is 3. The number of nitrogens with one attached hydrogen (secondary N) is 1. The Morgan fingerprint density at radius 1 is 0.947 bits per heavy atom. The number of anilines is 1. The first kappa shape index (κ1) is 25.4. The zero-order chi connectivity index (χ0) is 26.2. The van der Waals surface area contributed by atoms with Gasteiger partial charge in [0.1, 0.15) is 28.7 Å². The summed E-state index contributed by atoms with van der Waals surface area (Å²) in [4.78, 5) is 0.587. The maximum atomic E-state index is 6.24. The largest absolute Gasteiger partial charge is 0.486 e. The van der Waals surface area contributed by atoms with Crippen LogP contribution in [0.3, 0.4) is 0 Å². The Hall–Kier alpha value is -2.84. The first-order chi connectivity index (χ1) is 18.5. The lowest BCUT2D eigenvalue weighted by Crippen LogP contribution is -2.15. The fourth-order valence-corrected chi connectivity index (χ4v) is 5.77. The van der Waals surface area contributed by atoms with Gasteiger partial charge >= 0.3 is 0 Å². The zero-order valence-corrected chi connectivity index (χ0v) is 24.2. The summed E-state index contributed by atoms with van der Waals surface area (Å²) in [5.74, 6) is 1.66. The van der Waals surface area contributed by atoms with Crippen molar-refractivity contribution in [2.24, 2.45) is 0 Å². The zero-order valence-electron chi connectivity index (χ0n) is 20.3. The minimum atomic E-state index is 0.357. The van der Waals surface area contributed by atoms with E-state index >= 15 is 0 Å². The molecule has 1 aliphatic rings. The van der Waals surface area contributed by atoms with Gasteiger partial charge in [-0.25, -0.2) is 4.52 Å². The van der Waals surface area contributed by atoms with E-state index in [1.54, 1.807) is 0 Å². The van der Waals surface area contributed by atoms with Gasteiger partial charge in [0.25, 0.3) is 0 Å². The van der Waals surface area contributed by atoms with Crippen molar-refractivity contribution in [2.75, 3.05) is 5.32 Å². The van der Waals surface area contributed by atoms with Crippen LogP contribution < -0.4 is 10.1 Å². The molecule has 0 atom stereocenters. The number of hydrogen-bond acceptors (Lipinski definition) is 3. The summed E-state index contributed by atoms with van der Waals surface area (Å²) in [5.41, 5.74) is 6.17. The second kappa shape index (κ2) is 10.7. The predicted octanol–water partition coefficient (Wildman–Crippen LogP) is 8.58. The summed E-state index contributed by atoms with van der Waals surface area (Å²) < 4.78 is 11.4. The molecule has 1 N–H and O–H groups in total. The van der Waals surface area contributed by atoms with Gasteiger partial charge in [-0.3, -0.25) is 0 Å². The van der Waals surface area contributed by atoms with Crippen molar-refractivity contribution in [1.82, 2.24) is 14.2 Å². The molecule has 0 bridgehead atoms. The van der Waals surface area contributed by atoms with Gasteiger partial charge in [0.2, 0.25) is 0 Å². The molecule has 5 aromatic rings. The standard InChI is InChI=1S/C29H23BrCl2N4OS/c30-19-6-14-23(15-7-19)37-17-25-34-36-27(28(38)33-22-12-10-21(32)11-13-22)26(18-4-8-20(31)9-5-18)24-3-1-2-16-35(25)29(24)36/h4-15H,1-3,16-17H2,(H,33,38). The second-order valence-corrected chi connectivity index (χ2v) is 11.4. The van der Waals surface area contributed by atoms with Crippen molar-refractivity contribution in [3.05, 3.63) is 104 Å². The van der Waals surface area contributed by atoms with Crippen LogP contribution in [0, 0.1) is 0 Å². The van der Waals surface area contributed by atoms with Gasteiger partial charge < -0.3 is 14.6 Å². The summed E-state index contributed by atoms with van der Waals surface area (Å²) >= 11 is 21.8. The highest BCUT2D eigenvalue weighted by molar-refractivity contribution is 9.10. The van der Waals surface area contributed by atoms with Crippen LogP contribution in [0.1, 0.15) is 29.9 Å². The average molecular weight is 626 g/mol. The minimum Gasteiger partial charge on any atom is -0.486 e. The maximum absolute atomic E-state index is 6.24. The fraction of sp³-hybridized carbons (Fsp3) is 0.172. The van der Waals surface area contributed by atoms with Crippen LogP contribution in [0.15, 0.2) is 77.3 Å². The Morgan fingerprint density at radius 2 is 1.63 bits per heavy atom. The van der Waals surface area contributed by atoms with Crippen LogP contribution in [0.4, 0.5) is 5.69 Å². The molecule has 2 aromatic heterocycles. The van der Waals surface area contributed by atoms with E-state index in [-0.39, 0.29) is 0 Å². The molecule has 38 heavy (non-hydrogen) atoms. The number of benzene rings is 3. The normalized spacial score (nSPS) is 12.9. The Morgan fingerprint density at radius 3 is 2.34 bits per heavy atom. The smallest absolute Gasteiger partial charge is 0.169 e. The van der Waals surface area contributed by atoms with Crippen LogP contribution in [-0.4, -0.2) is 19.2 Å². The molecule has 0 saturated carbocycles. The van der Waals surface area contributed by atoms with Gasteiger partial charge in [-0.2, -0.15) is 0 Å². The van der Waals surface area contributed by atoms with E-state index in [0.29, 0.717) is 21.6 Å². The molecule has 0 radical (unpaired) electrons. The van der Waals surface area contributed by atoms with Gasteiger partial charge in [0, 0.05) is 37.9 Å². The lowest BCUT2D eigenvalue weighted by Gasteiger charge is -2.12. The monoisotopic (exact) mass is 624 g/mol. The summed E-state index contributed by atoms with van der Waals surface area (Å²) in [6.45, 7) is 1.23. The van der Waals surface area contributed by atoms with Crippen LogP contribution >= 0.6 is 51.3 Å². The fourth-order valence-electron chi connectivity index (χ4n) is 4.95. The molecular formula is C29H23BrCl2N4OS. The third-order valence-electron chi connectivity index (χ3n) is 6.69. The molecule has 6 rings (SSSR count). The highest BCUT2D eigenvalue weighted by Crippen LogP contribution is 2.38. The molecule has 0 spiro atoms. The molecule has 0 amide bonds. The SMILES string of the molecule is S=C(Nc1ccc(Cl)cc1)c1c(-c2ccc(Cl)cc2)c2c3n(c(COc4ccc(Br)cc4)nn13)CCCC2. The summed E-state index contributed by atoms with van der Waals surface area (Å²) in [5, 5.41) is 9.84. The predicted molar refractivity (Wildman–Crippen MR) is 162 cm³/mol.